The van der Waals surface area contributed by atoms with Gasteiger partial charge < -0.3 is 5.11 Å². The first kappa shape index (κ1) is 9.86. The zero-order valence-corrected chi connectivity index (χ0v) is 8.75. The van der Waals surface area contributed by atoms with Gasteiger partial charge >= 0.3 is 0 Å². The number of aryl methyl sites for hydroxylation is 1. The fourth-order valence-corrected chi connectivity index (χ4v) is 1.36. The number of nitrogens with zero attached hydrogens (tertiary/aromatic N) is 3. The molecule has 4 nitrogen and oxygen atoms in total. The fraction of sp³-hybridized carbons (Fsp3) is 0.273. The number of pyridine rings is 1. The minimum absolute atomic E-state index is 0.483. The Kier molecular flexibility index (Phi) is 2.51. The Balaban J connectivity index is 2.41. The second-order valence-corrected chi connectivity index (χ2v) is 3.53. The van der Waals surface area contributed by atoms with Crippen molar-refractivity contribution in [3.05, 3.63) is 41.9 Å². The first-order valence-electron chi connectivity index (χ1n) is 4.83. The highest BCUT2D eigenvalue weighted by Gasteiger charge is 2.04. The summed E-state index contributed by atoms with van der Waals surface area (Å²) in [7, 11) is 0. The van der Waals surface area contributed by atoms with Crippen LogP contribution in [0.5, 0.6) is 0 Å². The van der Waals surface area contributed by atoms with E-state index in [1.807, 2.05) is 25.3 Å². The highest BCUT2D eigenvalue weighted by Crippen LogP contribution is 2.13. The molecule has 15 heavy (non-hydrogen) atoms. The molecular weight excluding hydrogens is 190 g/mol. The predicted molar refractivity (Wildman–Crippen MR) is 56.7 cm³/mol. The summed E-state index contributed by atoms with van der Waals surface area (Å²) in [6.07, 6.45) is 3.04. The van der Waals surface area contributed by atoms with E-state index in [-0.39, 0.29) is 0 Å². The van der Waals surface area contributed by atoms with Crippen LogP contribution in [0.15, 0.2) is 30.6 Å². The quantitative estimate of drug-likeness (QED) is 0.807. The smallest absolute Gasteiger partial charge is 0.153 e. The number of hydrogen-bond donors (Lipinski definition) is 1. The lowest BCUT2D eigenvalue weighted by molar-refractivity contribution is 0.199. The van der Waals surface area contributed by atoms with Crippen LogP contribution in [0.3, 0.4) is 0 Å². The summed E-state index contributed by atoms with van der Waals surface area (Å²) in [5.74, 6) is 0.724. The molecule has 0 fully saturated rings. The maximum Gasteiger partial charge on any atom is 0.153 e. The first-order chi connectivity index (χ1) is 7.16. The van der Waals surface area contributed by atoms with Crippen molar-refractivity contribution in [2.75, 3.05) is 0 Å². The van der Waals surface area contributed by atoms with Gasteiger partial charge in [-0.1, -0.05) is 0 Å². The molecular formula is C11H13N3O. The largest absolute Gasteiger partial charge is 0.389 e. The summed E-state index contributed by atoms with van der Waals surface area (Å²) >= 11 is 0. The Morgan fingerprint density at radius 2 is 2.20 bits per heavy atom. The van der Waals surface area contributed by atoms with Crippen LogP contribution >= 0.6 is 0 Å². The van der Waals surface area contributed by atoms with Crippen LogP contribution in [0.25, 0.3) is 5.82 Å². The Bertz CT molecular complexity index is 462. The van der Waals surface area contributed by atoms with E-state index in [0.717, 1.165) is 17.1 Å². The molecule has 2 aromatic rings. The molecule has 2 rings (SSSR count). The Morgan fingerprint density at radius 3 is 2.80 bits per heavy atom. The van der Waals surface area contributed by atoms with Crippen LogP contribution in [0, 0.1) is 6.92 Å². The Labute approximate surface area is 88.2 Å². The van der Waals surface area contributed by atoms with Crippen LogP contribution in [0.2, 0.25) is 0 Å². The number of hydrogen-bond acceptors (Lipinski definition) is 3. The highest BCUT2D eigenvalue weighted by molar-refractivity contribution is 5.28. The third-order valence-electron chi connectivity index (χ3n) is 2.21. The minimum Gasteiger partial charge on any atom is -0.389 e. The van der Waals surface area contributed by atoms with E-state index in [4.69, 9.17) is 0 Å². The van der Waals surface area contributed by atoms with Gasteiger partial charge in [-0.05, 0) is 37.6 Å². The second-order valence-electron chi connectivity index (χ2n) is 3.53. The topological polar surface area (TPSA) is 50.9 Å². The molecule has 1 atom stereocenters. The Hall–Kier alpha value is -1.68. The molecule has 0 aliphatic rings. The molecule has 2 aromatic heterocycles. The average Bonchev–Trinajstić information content (AvgIpc) is 2.65. The van der Waals surface area contributed by atoms with Gasteiger partial charge in [0.05, 0.1) is 11.8 Å². The monoisotopic (exact) mass is 203 g/mol. The van der Waals surface area contributed by atoms with E-state index in [2.05, 4.69) is 10.1 Å². The number of aromatic nitrogens is 3. The fourth-order valence-electron chi connectivity index (χ4n) is 1.36. The number of aliphatic hydroxyl groups excluding tert-OH is 1. The van der Waals surface area contributed by atoms with E-state index >= 15 is 0 Å². The maximum atomic E-state index is 9.44. The second kappa shape index (κ2) is 3.82. The summed E-state index contributed by atoms with van der Waals surface area (Å²) in [6.45, 7) is 3.66. The molecule has 1 N–H and O–H groups in total. The summed E-state index contributed by atoms with van der Waals surface area (Å²) < 4.78 is 1.70. The van der Waals surface area contributed by atoms with Crippen LogP contribution in [0.4, 0.5) is 0 Å². The van der Waals surface area contributed by atoms with Crippen molar-refractivity contribution in [2.45, 2.75) is 20.0 Å². The molecule has 0 radical (unpaired) electrons. The van der Waals surface area contributed by atoms with Crippen LogP contribution in [-0.2, 0) is 0 Å². The van der Waals surface area contributed by atoms with Crippen molar-refractivity contribution < 1.29 is 5.11 Å². The minimum atomic E-state index is -0.483. The standard InChI is InChI=1S/C11H13N3O/c1-8-4-6-14(13-8)11-7-10(9(2)15)3-5-12-11/h3-7,9,15H,1-2H3/t9-/m0/s1. The van der Waals surface area contributed by atoms with Gasteiger partial charge in [-0.15, -0.1) is 0 Å². The summed E-state index contributed by atoms with van der Waals surface area (Å²) in [4.78, 5) is 4.19. The third-order valence-corrected chi connectivity index (χ3v) is 2.21. The van der Waals surface area contributed by atoms with E-state index in [9.17, 15) is 5.11 Å². The Morgan fingerprint density at radius 1 is 1.40 bits per heavy atom. The average molecular weight is 203 g/mol. The molecule has 0 saturated carbocycles. The molecule has 0 amide bonds. The molecule has 0 bridgehead atoms. The van der Waals surface area contributed by atoms with Crippen molar-refractivity contribution in [1.29, 1.82) is 0 Å². The zero-order chi connectivity index (χ0) is 10.8. The van der Waals surface area contributed by atoms with Crippen LogP contribution in [0.1, 0.15) is 24.3 Å². The molecule has 4 heteroatoms. The molecule has 0 saturated heterocycles. The lowest BCUT2D eigenvalue weighted by Crippen LogP contribution is -2.00. The number of aliphatic hydroxyl groups is 1. The summed E-state index contributed by atoms with van der Waals surface area (Å²) in [6, 6.07) is 5.54. The van der Waals surface area contributed by atoms with Gasteiger partial charge in [0.25, 0.3) is 0 Å². The predicted octanol–water partition coefficient (Wildman–Crippen LogP) is 1.63. The zero-order valence-electron chi connectivity index (χ0n) is 8.75. The van der Waals surface area contributed by atoms with Crippen molar-refractivity contribution in [2.24, 2.45) is 0 Å². The van der Waals surface area contributed by atoms with Crippen molar-refractivity contribution in [3.63, 3.8) is 0 Å². The molecule has 0 aliphatic carbocycles. The van der Waals surface area contributed by atoms with Gasteiger partial charge in [0.15, 0.2) is 5.82 Å². The SMILES string of the molecule is Cc1ccn(-c2cc([C@H](C)O)ccn2)n1. The van der Waals surface area contributed by atoms with Crippen molar-refractivity contribution in [3.8, 4) is 5.82 Å². The van der Waals surface area contributed by atoms with Crippen molar-refractivity contribution >= 4 is 0 Å². The molecule has 78 valence electrons. The van der Waals surface area contributed by atoms with Crippen molar-refractivity contribution in [1.82, 2.24) is 14.8 Å². The summed E-state index contributed by atoms with van der Waals surface area (Å²) in [5.41, 5.74) is 1.78. The van der Waals surface area contributed by atoms with Crippen LogP contribution < -0.4 is 0 Å². The van der Waals surface area contributed by atoms with E-state index in [0.29, 0.717) is 0 Å². The van der Waals surface area contributed by atoms with Gasteiger partial charge in [0, 0.05) is 12.4 Å². The van der Waals surface area contributed by atoms with E-state index in [1.54, 1.807) is 23.9 Å². The lowest BCUT2D eigenvalue weighted by Gasteiger charge is -2.06. The molecule has 0 aliphatic heterocycles. The lowest BCUT2D eigenvalue weighted by atomic mass is 10.2. The van der Waals surface area contributed by atoms with E-state index < -0.39 is 6.10 Å². The van der Waals surface area contributed by atoms with Gasteiger partial charge in [0.2, 0.25) is 0 Å². The highest BCUT2D eigenvalue weighted by atomic mass is 16.3. The maximum absolute atomic E-state index is 9.44. The van der Waals surface area contributed by atoms with Gasteiger partial charge in [-0.2, -0.15) is 5.10 Å². The van der Waals surface area contributed by atoms with Crippen LogP contribution in [-0.4, -0.2) is 19.9 Å². The first-order valence-corrected chi connectivity index (χ1v) is 4.83. The molecule has 2 heterocycles. The van der Waals surface area contributed by atoms with E-state index in [1.165, 1.54) is 0 Å². The normalized spacial score (nSPS) is 12.7. The van der Waals surface area contributed by atoms with Gasteiger partial charge in [-0.3, -0.25) is 0 Å². The van der Waals surface area contributed by atoms with Gasteiger partial charge in [0.1, 0.15) is 0 Å². The third kappa shape index (κ3) is 2.05. The van der Waals surface area contributed by atoms with Gasteiger partial charge in [-0.25, -0.2) is 9.67 Å². The number of rotatable bonds is 2. The molecule has 0 unspecified atom stereocenters. The molecule has 0 aromatic carbocycles. The molecule has 0 spiro atoms. The summed E-state index contributed by atoms with van der Waals surface area (Å²) in [5, 5.41) is 13.7.